The van der Waals surface area contributed by atoms with Crippen molar-refractivity contribution < 1.29 is 19.1 Å². The first-order valence-electron chi connectivity index (χ1n) is 8.83. The Kier molecular flexibility index (Phi) is 6.16. The number of para-hydroxylation sites is 1. The number of ether oxygens (including phenoxy) is 1. The molecule has 8 heteroatoms. The van der Waals surface area contributed by atoms with Gasteiger partial charge in [-0.2, -0.15) is 0 Å². The first kappa shape index (κ1) is 19.7. The predicted octanol–water partition coefficient (Wildman–Crippen LogP) is 2.62. The molecule has 0 unspecified atom stereocenters. The number of carbonyl (C=O) groups excluding carboxylic acids is 3. The Balaban J connectivity index is 1.61. The van der Waals surface area contributed by atoms with Gasteiger partial charge in [-0.05, 0) is 43.2 Å². The molecule has 0 aliphatic carbocycles. The molecule has 3 rings (SSSR count). The summed E-state index contributed by atoms with van der Waals surface area (Å²) >= 11 is 6.03. The van der Waals surface area contributed by atoms with Crippen LogP contribution in [0.5, 0.6) is 5.75 Å². The van der Waals surface area contributed by atoms with Crippen LogP contribution < -0.4 is 20.5 Å². The normalized spacial score (nSPS) is 13.4. The quantitative estimate of drug-likeness (QED) is 0.754. The zero-order valence-electron chi connectivity index (χ0n) is 15.3. The van der Waals surface area contributed by atoms with Crippen LogP contribution in [-0.4, -0.2) is 30.9 Å². The fraction of sp³-hybridized carbons (Fsp3) is 0.250. The second-order valence-corrected chi connectivity index (χ2v) is 6.80. The van der Waals surface area contributed by atoms with Crippen molar-refractivity contribution in [3.63, 3.8) is 0 Å². The maximum Gasteiger partial charge on any atom is 0.276 e. The van der Waals surface area contributed by atoms with Gasteiger partial charge in [0.15, 0.2) is 6.61 Å². The van der Waals surface area contributed by atoms with Crippen LogP contribution in [0.25, 0.3) is 0 Å². The van der Waals surface area contributed by atoms with E-state index >= 15 is 0 Å². The maximum absolute atomic E-state index is 12.5. The Morgan fingerprint density at radius 2 is 1.96 bits per heavy atom. The first-order valence-corrected chi connectivity index (χ1v) is 9.21. The number of carbonyl (C=O) groups is 3. The molecule has 0 saturated carbocycles. The molecule has 0 radical (unpaired) electrons. The number of anilines is 1. The molecule has 0 aromatic heterocycles. The predicted molar refractivity (Wildman–Crippen MR) is 105 cm³/mol. The molecule has 28 heavy (non-hydrogen) atoms. The molecule has 1 fully saturated rings. The number of halogens is 1. The fourth-order valence-corrected chi connectivity index (χ4v) is 3.08. The van der Waals surface area contributed by atoms with Crippen molar-refractivity contribution in [1.29, 1.82) is 0 Å². The second kappa shape index (κ2) is 8.75. The van der Waals surface area contributed by atoms with Gasteiger partial charge < -0.3 is 9.64 Å². The van der Waals surface area contributed by atoms with E-state index in [1.54, 1.807) is 18.2 Å². The van der Waals surface area contributed by atoms with E-state index in [1.165, 1.54) is 11.0 Å². The lowest BCUT2D eigenvalue weighted by atomic mass is 10.1. The van der Waals surface area contributed by atoms with Crippen molar-refractivity contribution in [3.05, 3.63) is 58.6 Å². The Morgan fingerprint density at radius 3 is 2.68 bits per heavy atom. The molecular formula is C20H20ClN3O4. The summed E-state index contributed by atoms with van der Waals surface area (Å²) in [4.78, 5) is 38.1. The number of benzene rings is 2. The summed E-state index contributed by atoms with van der Waals surface area (Å²) in [7, 11) is 0. The van der Waals surface area contributed by atoms with E-state index in [0.29, 0.717) is 29.4 Å². The Hall–Kier alpha value is -3.06. The average Bonchev–Trinajstić information content (AvgIpc) is 3.11. The van der Waals surface area contributed by atoms with E-state index in [-0.39, 0.29) is 18.1 Å². The molecule has 1 heterocycles. The summed E-state index contributed by atoms with van der Waals surface area (Å²) in [6.07, 6.45) is 1.15. The number of nitrogens with zero attached hydrogens (tertiary/aromatic N) is 1. The standard InChI is InChI=1S/C20H20ClN3O4/c1-13-5-2-3-6-17(13)28-12-18(25)22-23-20(27)15-9-8-14(21)11-16(15)24-10-4-7-19(24)26/h2-3,5-6,8-9,11H,4,7,10,12H2,1H3,(H,22,25)(H,23,27). The van der Waals surface area contributed by atoms with E-state index in [9.17, 15) is 14.4 Å². The molecule has 2 aromatic rings. The van der Waals surface area contributed by atoms with Crippen molar-refractivity contribution in [1.82, 2.24) is 10.9 Å². The number of hydrogen-bond donors (Lipinski definition) is 2. The van der Waals surface area contributed by atoms with Gasteiger partial charge in [-0.25, -0.2) is 0 Å². The molecule has 0 spiro atoms. The minimum Gasteiger partial charge on any atom is -0.483 e. The van der Waals surface area contributed by atoms with Gasteiger partial charge in [0.1, 0.15) is 5.75 Å². The van der Waals surface area contributed by atoms with Gasteiger partial charge in [-0.1, -0.05) is 29.8 Å². The molecule has 0 bridgehead atoms. The van der Waals surface area contributed by atoms with Gasteiger partial charge in [-0.15, -0.1) is 0 Å². The molecule has 1 aliphatic heterocycles. The topological polar surface area (TPSA) is 87.7 Å². The highest BCUT2D eigenvalue weighted by molar-refractivity contribution is 6.31. The van der Waals surface area contributed by atoms with Crippen LogP contribution in [0, 0.1) is 6.92 Å². The van der Waals surface area contributed by atoms with E-state index < -0.39 is 11.8 Å². The fourth-order valence-electron chi connectivity index (χ4n) is 2.91. The van der Waals surface area contributed by atoms with Crippen LogP contribution in [0.2, 0.25) is 5.02 Å². The van der Waals surface area contributed by atoms with Crippen LogP contribution >= 0.6 is 11.6 Å². The zero-order chi connectivity index (χ0) is 20.1. The molecular weight excluding hydrogens is 382 g/mol. The average molecular weight is 402 g/mol. The highest BCUT2D eigenvalue weighted by Crippen LogP contribution is 2.28. The molecule has 3 amide bonds. The van der Waals surface area contributed by atoms with Crippen molar-refractivity contribution >= 4 is 35.0 Å². The van der Waals surface area contributed by atoms with Gasteiger partial charge in [0.2, 0.25) is 5.91 Å². The molecule has 146 valence electrons. The van der Waals surface area contributed by atoms with Crippen LogP contribution in [-0.2, 0) is 9.59 Å². The first-order chi connectivity index (χ1) is 13.5. The number of hydrazine groups is 1. The highest BCUT2D eigenvalue weighted by atomic mass is 35.5. The minimum atomic E-state index is -0.546. The summed E-state index contributed by atoms with van der Waals surface area (Å²) in [6, 6.07) is 12.0. The van der Waals surface area contributed by atoms with E-state index in [1.807, 2.05) is 25.1 Å². The van der Waals surface area contributed by atoms with Gasteiger partial charge in [0.05, 0.1) is 11.3 Å². The van der Waals surface area contributed by atoms with Crippen molar-refractivity contribution in [2.75, 3.05) is 18.1 Å². The van der Waals surface area contributed by atoms with Crippen LogP contribution in [0.4, 0.5) is 5.69 Å². The Morgan fingerprint density at radius 1 is 1.18 bits per heavy atom. The summed E-state index contributed by atoms with van der Waals surface area (Å²) in [5.41, 5.74) is 6.24. The minimum absolute atomic E-state index is 0.0630. The van der Waals surface area contributed by atoms with Crippen molar-refractivity contribution in [2.24, 2.45) is 0 Å². The lowest BCUT2D eigenvalue weighted by Gasteiger charge is -2.20. The smallest absolute Gasteiger partial charge is 0.276 e. The van der Waals surface area contributed by atoms with Gasteiger partial charge in [0.25, 0.3) is 11.8 Å². The largest absolute Gasteiger partial charge is 0.483 e. The number of hydrogen-bond acceptors (Lipinski definition) is 4. The Bertz CT molecular complexity index is 916. The molecule has 2 N–H and O–H groups in total. The lowest BCUT2D eigenvalue weighted by Crippen LogP contribution is -2.44. The molecule has 1 aliphatic rings. The van der Waals surface area contributed by atoms with E-state index in [4.69, 9.17) is 16.3 Å². The summed E-state index contributed by atoms with van der Waals surface area (Å²) < 4.78 is 5.44. The number of aryl methyl sites for hydroxylation is 1. The van der Waals surface area contributed by atoms with Gasteiger partial charge in [0, 0.05) is 18.0 Å². The summed E-state index contributed by atoms with van der Waals surface area (Å²) in [5.74, 6) is -0.525. The van der Waals surface area contributed by atoms with Gasteiger partial charge in [-0.3, -0.25) is 25.2 Å². The van der Waals surface area contributed by atoms with Crippen LogP contribution in [0.3, 0.4) is 0 Å². The highest BCUT2D eigenvalue weighted by Gasteiger charge is 2.26. The van der Waals surface area contributed by atoms with Crippen LogP contribution in [0.1, 0.15) is 28.8 Å². The SMILES string of the molecule is Cc1ccccc1OCC(=O)NNC(=O)c1ccc(Cl)cc1N1CCCC1=O. The molecule has 7 nitrogen and oxygen atoms in total. The second-order valence-electron chi connectivity index (χ2n) is 6.37. The zero-order valence-corrected chi connectivity index (χ0v) is 16.1. The lowest BCUT2D eigenvalue weighted by molar-refractivity contribution is -0.123. The van der Waals surface area contributed by atoms with E-state index in [2.05, 4.69) is 10.9 Å². The van der Waals surface area contributed by atoms with E-state index in [0.717, 1.165) is 12.0 Å². The number of rotatable bonds is 5. The van der Waals surface area contributed by atoms with Crippen molar-refractivity contribution in [3.8, 4) is 5.75 Å². The third kappa shape index (κ3) is 4.61. The number of amides is 3. The molecule has 1 saturated heterocycles. The van der Waals surface area contributed by atoms with Crippen molar-refractivity contribution in [2.45, 2.75) is 19.8 Å². The molecule has 2 aromatic carbocycles. The summed E-state index contributed by atoms with van der Waals surface area (Å²) in [5, 5.41) is 0.418. The monoisotopic (exact) mass is 401 g/mol. The Labute approximate surface area is 167 Å². The third-order valence-corrected chi connectivity index (χ3v) is 4.57. The van der Waals surface area contributed by atoms with Gasteiger partial charge >= 0.3 is 0 Å². The third-order valence-electron chi connectivity index (χ3n) is 4.34. The maximum atomic E-state index is 12.5. The molecule has 0 atom stereocenters. The number of nitrogens with one attached hydrogen (secondary N) is 2. The van der Waals surface area contributed by atoms with Crippen LogP contribution in [0.15, 0.2) is 42.5 Å². The summed E-state index contributed by atoms with van der Waals surface area (Å²) in [6.45, 7) is 2.15.